The summed E-state index contributed by atoms with van der Waals surface area (Å²) in [4.78, 5) is 4.23. The van der Waals surface area contributed by atoms with Crippen LogP contribution in [0.5, 0.6) is 0 Å². The molecule has 2 nitrogen and oxygen atoms in total. The van der Waals surface area contributed by atoms with Gasteiger partial charge in [0.1, 0.15) is 5.82 Å². The highest BCUT2D eigenvalue weighted by atomic mass is 19.1. The lowest BCUT2D eigenvalue weighted by Gasteiger charge is -2.06. The maximum absolute atomic E-state index is 13.3. The highest BCUT2D eigenvalue weighted by Gasteiger charge is 1.99. The fraction of sp³-hybridized carbons (Fsp3) is 0.267. The van der Waals surface area contributed by atoms with Gasteiger partial charge in [0.15, 0.2) is 0 Å². The number of rotatable bonds is 5. The number of halogens is 1. The van der Waals surface area contributed by atoms with Crippen LogP contribution in [-0.2, 0) is 13.0 Å². The summed E-state index contributed by atoms with van der Waals surface area (Å²) in [6, 6.07) is 10.9. The van der Waals surface area contributed by atoms with Crippen molar-refractivity contribution in [2.75, 3.05) is 6.54 Å². The Bertz CT molecular complexity index is 494. The number of nitrogens with zero attached hydrogens (tertiary/aromatic N) is 1. The average molecular weight is 244 g/mol. The van der Waals surface area contributed by atoms with E-state index in [-0.39, 0.29) is 5.82 Å². The summed E-state index contributed by atoms with van der Waals surface area (Å²) < 4.78 is 13.3. The third-order valence-electron chi connectivity index (χ3n) is 2.83. The molecule has 2 aromatic rings. The molecule has 2 rings (SSSR count). The lowest BCUT2D eigenvalue weighted by Crippen LogP contribution is -2.17. The van der Waals surface area contributed by atoms with Crippen LogP contribution in [0.3, 0.4) is 0 Å². The van der Waals surface area contributed by atoms with Crippen molar-refractivity contribution in [3.63, 3.8) is 0 Å². The van der Waals surface area contributed by atoms with Gasteiger partial charge in [-0.1, -0.05) is 24.3 Å². The first-order chi connectivity index (χ1) is 8.75. The van der Waals surface area contributed by atoms with Gasteiger partial charge in [0.25, 0.3) is 0 Å². The number of benzene rings is 1. The largest absolute Gasteiger partial charge is 0.312 e. The molecule has 94 valence electrons. The minimum absolute atomic E-state index is 0.128. The molecule has 1 aromatic carbocycles. The van der Waals surface area contributed by atoms with Crippen molar-refractivity contribution in [2.45, 2.75) is 19.9 Å². The van der Waals surface area contributed by atoms with E-state index in [9.17, 15) is 4.39 Å². The predicted molar refractivity (Wildman–Crippen MR) is 70.8 cm³/mol. The van der Waals surface area contributed by atoms with Crippen LogP contribution in [0.4, 0.5) is 4.39 Å². The fourth-order valence-corrected chi connectivity index (χ4v) is 1.76. The molecular weight excluding hydrogens is 227 g/mol. The van der Waals surface area contributed by atoms with E-state index < -0.39 is 0 Å². The van der Waals surface area contributed by atoms with Gasteiger partial charge in [0.05, 0.1) is 0 Å². The molecule has 0 aliphatic carbocycles. The van der Waals surface area contributed by atoms with Crippen LogP contribution in [0.15, 0.2) is 42.6 Å². The molecule has 0 saturated carbocycles. The van der Waals surface area contributed by atoms with Crippen molar-refractivity contribution >= 4 is 0 Å². The van der Waals surface area contributed by atoms with Gasteiger partial charge in [-0.3, -0.25) is 4.98 Å². The van der Waals surface area contributed by atoms with E-state index in [4.69, 9.17) is 0 Å². The summed E-state index contributed by atoms with van der Waals surface area (Å²) in [7, 11) is 0. The first kappa shape index (κ1) is 12.7. The lowest BCUT2D eigenvalue weighted by molar-refractivity contribution is 0.597. The lowest BCUT2D eigenvalue weighted by atomic mass is 10.1. The van der Waals surface area contributed by atoms with Crippen molar-refractivity contribution in [3.05, 3.63) is 65.2 Å². The van der Waals surface area contributed by atoms with Crippen LogP contribution in [0.1, 0.15) is 16.8 Å². The number of hydrogen-bond donors (Lipinski definition) is 1. The van der Waals surface area contributed by atoms with E-state index >= 15 is 0 Å². The Kier molecular flexibility index (Phi) is 4.42. The summed E-state index contributed by atoms with van der Waals surface area (Å²) >= 11 is 0. The summed E-state index contributed by atoms with van der Waals surface area (Å²) in [6.07, 6.45) is 2.57. The maximum atomic E-state index is 13.3. The second-order valence-corrected chi connectivity index (χ2v) is 4.33. The maximum Gasteiger partial charge on any atom is 0.126 e. The second-order valence-electron chi connectivity index (χ2n) is 4.33. The Labute approximate surface area is 107 Å². The molecule has 0 radical (unpaired) electrons. The molecule has 1 heterocycles. The molecule has 3 heteroatoms. The molecule has 1 aromatic heterocycles. The number of pyridine rings is 1. The second kappa shape index (κ2) is 6.26. The Morgan fingerprint density at radius 2 is 2.00 bits per heavy atom. The Balaban J connectivity index is 1.76. The third-order valence-corrected chi connectivity index (χ3v) is 2.83. The van der Waals surface area contributed by atoms with Gasteiger partial charge in [-0.05, 0) is 43.1 Å². The summed E-state index contributed by atoms with van der Waals surface area (Å²) in [5, 5.41) is 3.29. The van der Waals surface area contributed by atoms with Crippen molar-refractivity contribution < 1.29 is 4.39 Å². The zero-order chi connectivity index (χ0) is 12.8. The molecular formula is C15H17FN2. The smallest absolute Gasteiger partial charge is 0.126 e. The minimum atomic E-state index is -0.128. The van der Waals surface area contributed by atoms with Crippen molar-refractivity contribution in [2.24, 2.45) is 0 Å². The zero-order valence-electron chi connectivity index (χ0n) is 10.5. The van der Waals surface area contributed by atoms with E-state index in [2.05, 4.69) is 16.4 Å². The van der Waals surface area contributed by atoms with Crippen molar-refractivity contribution in [1.29, 1.82) is 0 Å². The quantitative estimate of drug-likeness (QED) is 0.818. The van der Waals surface area contributed by atoms with Crippen LogP contribution in [0.25, 0.3) is 0 Å². The normalized spacial score (nSPS) is 10.6. The molecule has 0 saturated heterocycles. The van der Waals surface area contributed by atoms with Crippen LogP contribution >= 0.6 is 0 Å². The SMILES string of the molecule is Cc1ccc(CNCCc2ccccc2F)cn1. The highest BCUT2D eigenvalue weighted by molar-refractivity contribution is 5.17. The molecule has 0 atom stereocenters. The Morgan fingerprint density at radius 1 is 1.17 bits per heavy atom. The standard InChI is InChI=1S/C15H17FN2/c1-12-6-7-13(11-18-12)10-17-9-8-14-4-2-3-5-15(14)16/h2-7,11,17H,8-10H2,1H3. The molecule has 0 spiro atoms. The summed E-state index contributed by atoms with van der Waals surface area (Å²) in [5.74, 6) is -0.128. The molecule has 18 heavy (non-hydrogen) atoms. The molecule has 0 aliphatic heterocycles. The van der Waals surface area contributed by atoms with E-state index in [1.54, 1.807) is 6.07 Å². The van der Waals surface area contributed by atoms with E-state index in [1.165, 1.54) is 6.07 Å². The van der Waals surface area contributed by atoms with Crippen molar-refractivity contribution in [3.8, 4) is 0 Å². The van der Waals surface area contributed by atoms with Gasteiger partial charge < -0.3 is 5.32 Å². The first-order valence-electron chi connectivity index (χ1n) is 6.11. The van der Waals surface area contributed by atoms with E-state index in [1.807, 2.05) is 31.3 Å². The highest BCUT2D eigenvalue weighted by Crippen LogP contribution is 2.06. The van der Waals surface area contributed by atoms with Crippen LogP contribution < -0.4 is 5.32 Å². The van der Waals surface area contributed by atoms with Crippen LogP contribution in [-0.4, -0.2) is 11.5 Å². The topological polar surface area (TPSA) is 24.9 Å². The molecule has 0 amide bonds. The van der Waals surface area contributed by atoms with E-state index in [0.29, 0.717) is 6.42 Å². The molecule has 0 unspecified atom stereocenters. The number of aromatic nitrogens is 1. The first-order valence-corrected chi connectivity index (χ1v) is 6.11. The van der Waals surface area contributed by atoms with Gasteiger partial charge >= 0.3 is 0 Å². The third kappa shape index (κ3) is 3.64. The monoisotopic (exact) mass is 244 g/mol. The fourth-order valence-electron chi connectivity index (χ4n) is 1.76. The Hall–Kier alpha value is -1.74. The number of nitrogens with one attached hydrogen (secondary N) is 1. The zero-order valence-corrected chi connectivity index (χ0v) is 10.5. The van der Waals surface area contributed by atoms with Crippen LogP contribution in [0.2, 0.25) is 0 Å². The van der Waals surface area contributed by atoms with Crippen LogP contribution in [0, 0.1) is 12.7 Å². The summed E-state index contributed by atoms with van der Waals surface area (Å²) in [5.41, 5.74) is 2.92. The number of hydrogen-bond acceptors (Lipinski definition) is 2. The van der Waals surface area contributed by atoms with Gasteiger partial charge in [-0.25, -0.2) is 4.39 Å². The summed E-state index contributed by atoms with van der Waals surface area (Å²) in [6.45, 7) is 3.49. The molecule has 0 bridgehead atoms. The predicted octanol–water partition coefficient (Wildman–Crippen LogP) is 2.86. The van der Waals surface area contributed by atoms with Gasteiger partial charge in [0, 0.05) is 18.4 Å². The van der Waals surface area contributed by atoms with Gasteiger partial charge in [0.2, 0.25) is 0 Å². The molecule has 0 fully saturated rings. The van der Waals surface area contributed by atoms with Gasteiger partial charge in [-0.2, -0.15) is 0 Å². The molecule has 1 N–H and O–H groups in total. The van der Waals surface area contributed by atoms with E-state index in [0.717, 1.165) is 29.9 Å². The van der Waals surface area contributed by atoms with Crippen molar-refractivity contribution in [1.82, 2.24) is 10.3 Å². The number of aryl methyl sites for hydroxylation is 1. The van der Waals surface area contributed by atoms with Gasteiger partial charge in [-0.15, -0.1) is 0 Å². The average Bonchev–Trinajstić information content (AvgIpc) is 2.39. The Morgan fingerprint density at radius 3 is 2.72 bits per heavy atom. The minimum Gasteiger partial charge on any atom is -0.312 e. The molecule has 0 aliphatic rings.